The molecule has 0 heterocycles. The molecule has 0 aliphatic heterocycles. The Morgan fingerprint density at radius 2 is 1.82 bits per heavy atom. The van der Waals surface area contributed by atoms with Crippen LogP contribution in [0.15, 0.2) is 30.3 Å². The first-order valence-electron chi connectivity index (χ1n) is 5.04. The van der Waals surface area contributed by atoms with E-state index in [1.165, 1.54) is 12.4 Å². The summed E-state index contributed by atoms with van der Waals surface area (Å²) in [7, 11) is 0. The Morgan fingerprint density at radius 1 is 1.24 bits per heavy atom. The largest absolute Gasteiger partial charge is 0.391 e. The maximum atomic E-state index is 11.7. The Hall–Kier alpha value is -1.92. The van der Waals surface area contributed by atoms with E-state index >= 15 is 0 Å². The van der Waals surface area contributed by atoms with Gasteiger partial charge in [0.2, 0.25) is 0 Å². The highest BCUT2D eigenvalue weighted by Crippen LogP contribution is 2.00. The summed E-state index contributed by atoms with van der Waals surface area (Å²) in [4.78, 5) is 22.9. The van der Waals surface area contributed by atoms with E-state index in [0.717, 1.165) is 0 Å². The molecule has 0 bridgehead atoms. The Labute approximate surface area is 98.2 Å². The average Bonchev–Trinajstić information content (AvgIpc) is 2.35. The molecule has 0 aliphatic carbocycles. The van der Waals surface area contributed by atoms with Gasteiger partial charge in [0.1, 0.15) is 6.04 Å². The van der Waals surface area contributed by atoms with Gasteiger partial charge in [-0.1, -0.05) is 18.2 Å². The van der Waals surface area contributed by atoms with Crippen LogP contribution in [0, 0.1) is 0 Å². The second-order valence-electron chi connectivity index (χ2n) is 3.53. The van der Waals surface area contributed by atoms with Gasteiger partial charge in [0, 0.05) is 5.56 Å². The van der Waals surface area contributed by atoms with Crippen molar-refractivity contribution in [3.05, 3.63) is 35.9 Å². The van der Waals surface area contributed by atoms with Gasteiger partial charge in [-0.2, -0.15) is 0 Å². The van der Waals surface area contributed by atoms with E-state index in [2.05, 4.69) is 5.32 Å². The fraction of sp³-hybridized carbons (Fsp3) is 0.273. The molecule has 6 heteroatoms. The summed E-state index contributed by atoms with van der Waals surface area (Å²) in [5, 5.41) is 20.1. The average molecular weight is 238 g/mol. The van der Waals surface area contributed by atoms with Crippen molar-refractivity contribution in [2.24, 2.45) is 0 Å². The second kappa shape index (κ2) is 5.97. The Bertz CT molecular complexity index is 392. The summed E-state index contributed by atoms with van der Waals surface area (Å²) >= 11 is 0. The van der Waals surface area contributed by atoms with Gasteiger partial charge in [-0.05, 0) is 19.1 Å². The quantitative estimate of drug-likeness (QED) is 0.426. The third-order valence-electron chi connectivity index (χ3n) is 2.20. The van der Waals surface area contributed by atoms with Gasteiger partial charge in [-0.3, -0.25) is 14.8 Å². The molecule has 6 nitrogen and oxygen atoms in total. The number of rotatable bonds is 4. The Balaban J connectivity index is 2.75. The fourth-order valence-electron chi connectivity index (χ4n) is 1.29. The molecule has 1 aromatic carbocycles. The minimum absolute atomic E-state index is 0.365. The molecule has 0 spiro atoms. The summed E-state index contributed by atoms with van der Waals surface area (Å²) in [6.45, 7) is 1.34. The number of carbonyl (C=O) groups is 2. The molecular formula is C11H14N2O4. The van der Waals surface area contributed by atoms with Gasteiger partial charge in [0.15, 0.2) is 0 Å². The van der Waals surface area contributed by atoms with Crippen molar-refractivity contribution >= 4 is 11.8 Å². The van der Waals surface area contributed by atoms with E-state index in [1.54, 1.807) is 30.3 Å². The molecule has 0 fully saturated rings. The highest BCUT2D eigenvalue weighted by Gasteiger charge is 2.25. The summed E-state index contributed by atoms with van der Waals surface area (Å²) in [5.41, 5.74) is 1.75. The van der Waals surface area contributed by atoms with E-state index < -0.39 is 24.0 Å². The van der Waals surface area contributed by atoms with Gasteiger partial charge in [-0.25, -0.2) is 5.48 Å². The van der Waals surface area contributed by atoms with Crippen molar-refractivity contribution in [3.63, 3.8) is 0 Å². The standard InChI is InChI=1S/C11H14N2O4/c1-7(14)9(11(16)13-17)12-10(15)8-5-3-2-4-6-8/h2-7,9,14,17H,1H3,(H,12,15)(H,13,16). The van der Waals surface area contributed by atoms with Crippen LogP contribution < -0.4 is 10.8 Å². The molecule has 4 N–H and O–H groups in total. The zero-order chi connectivity index (χ0) is 12.8. The maximum absolute atomic E-state index is 11.7. The van der Waals surface area contributed by atoms with Crippen LogP contribution >= 0.6 is 0 Å². The normalized spacial score (nSPS) is 13.6. The van der Waals surface area contributed by atoms with Gasteiger partial charge in [0.25, 0.3) is 11.8 Å². The number of hydroxylamine groups is 1. The number of hydrogen-bond donors (Lipinski definition) is 4. The number of benzene rings is 1. The maximum Gasteiger partial charge on any atom is 0.268 e. The lowest BCUT2D eigenvalue weighted by Gasteiger charge is -2.19. The van der Waals surface area contributed by atoms with Crippen LogP contribution in [0.25, 0.3) is 0 Å². The monoisotopic (exact) mass is 238 g/mol. The van der Waals surface area contributed by atoms with Crippen molar-refractivity contribution in [2.45, 2.75) is 19.1 Å². The van der Waals surface area contributed by atoms with E-state index in [1.807, 2.05) is 0 Å². The Kier molecular flexibility index (Phi) is 4.62. The molecule has 0 aromatic heterocycles. The van der Waals surface area contributed by atoms with Crippen LogP contribution in [0.3, 0.4) is 0 Å². The van der Waals surface area contributed by atoms with Gasteiger partial charge >= 0.3 is 0 Å². The molecule has 2 unspecified atom stereocenters. The first kappa shape index (κ1) is 13.1. The smallest absolute Gasteiger partial charge is 0.268 e. The van der Waals surface area contributed by atoms with E-state index in [4.69, 9.17) is 5.21 Å². The fourth-order valence-corrected chi connectivity index (χ4v) is 1.29. The molecule has 17 heavy (non-hydrogen) atoms. The van der Waals surface area contributed by atoms with E-state index in [-0.39, 0.29) is 0 Å². The summed E-state index contributed by atoms with van der Waals surface area (Å²) < 4.78 is 0. The van der Waals surface area contributed by atoms with Crippen molar-refractivity contribution < 1.29 is 19.9 Å². The predicted octanol–water partition coefficient (Wildman–Crippen LogP) is -0.329. The van der Waals surface area contributed by atoms with Gasteiger partial charge in [0.05, 0.1) is 6.10 Å². The number of amides is 2. The third kappa shape index (κ3) is 3.54. The molecular weight excluding hydrogens is 224 g/mol. The predicted molar refractivity (Wildman–Crippen MR) is 59.3 cm³/mol. The number of hydrogen-bond acceptors (Lipinski definition) is 4. The molecule has 0 saturated carbocycles. The van der Waals surface area contributed by atoms with Crippen molar-refractivity contribution in [2.75, 3.05) is 0 Å². The molecule has 0 saturated heterocycles. The summed E-state index contributed by atoms with van der Waals surface area (Å²) in [5.74, 6) is -1.37. The highest BCUT2D eigenvalue weighted by atomic mass is 16.5. The molecule has 92 valence electrons. The lowest BCUT2D eigenvalue weighted by atomic mass is 10.1. The topological polar surface area (TPSA) is 98.7 Å². The number of aliphatic hydroxyl groups excluding tert-OH is 1. The van der Waals surface area contributed by atoms with Crippen LogP contribution in [0.5, 0.6) is 0 Å². The minimum atomic E-state index is -1.20. The number of nitrogens with one attached hydrogen (secondary N) is 2. The lowest BCUT2D eigenvalue weighted by Crippen LogP contribution is -2.51. The summed E-state index contributed by atoms with van der Waals surface area (Å²) in [6.07, 6.45) is -1.12. The van der Waals surface area contributed by atoms with Crippen molar-refractivity contribution in [1.29, 1.82) is 0 Å². The van der Waals surface area contributed by atoms with Crippen LogP contribution in [0.1, 0.15) is 17.3 Å². The summed E-state index contributed by atoms with van der Waals surface area (Å²) in [6, 6.07) is 7.06. The van der Waals surface area contributed by atoms with Gasteiger partial charge < -0.3 is 10.4 Å². The van der Waals surface area contributed by atoms with Crippen LogP contribution in [-0.4, -0.2) is 34.3 Å². The zero-order valence-electron chi connectivity index (χ0n) is 9.25. The van der Waals surface area contributed by atoms with E-state index in [0.29, 0.717) is 5.56 Å². The van der Waals surface area contributed by atoms with Crippen LogP contribution in [-0.2, 0) is 4.79 Å². The molecule has 2 amide bonds. The van der Waals surface area contributed by atoms with Crippen LogP contribution in [0.4, 0.5) is 0 Å². The number of aliphatic hydroxyl groups is 1. The second-order valence-corrected chi connectivity index (χ2v) is 3.53. The Morgan fingerprint density at radius 3 is 2.29 bits per heavy atom. The SMILES string of the molecule is CC(O)C(NC(=O)c1ccccc1)C(=O)NO. The molecule has 2 atom stereocenters. The molecule has 0 aliphatic rings. The minimum Gasteiger partial charge on any atom is -0.391 e. The molecule has 0 radical (unpaired) electrons. The molecule has 1 rings (SSSR count). The first-order valence-corrected chi connectivity index (χ1v) is 5.04. The first-order chi connectivity index (χ1) is 8.06. The number of carbonyl (C=O) groups excluding carboxylic acids is 2. The zero-order valence-corrected chi connectivity index (χ0v) is 9.25. The van der Waals surface area contributed by atoms with Crippen molar-refractivity contribution in [3.8, 4) is 0 Å². The van der Waals surface area contributed by atoms with Crippen molar-refractivity contribution in [1.82, 2.24) is 10.8 Å². The lowest BCUT2D eigenvalue weighted by molar-refractivity contribution is -0.133. The van der Waals surface area contributed by atoms with E-state index in [9.17, 15) is 14.7 Å². The molecule has 1 aromatic rings. The highest BCUT2D eigenvalue weighted by molar-refractivity contribution is 5.97. The van der Waals surface area contributed by atoms with Gasteiger partial charge in [-0.15, -0.1) is 0 Å². The van der Waals surface area contributed by atoms with Crippen LogP contribution in [0.2, 0.25) is 0 Å². The third-order valence-corrected chi connectivity index (χ3v) is 2.20.